The van der Waals surface area contributed by atoms with E-state index >= 15 is 0 Å². The number of benzene rings is 3. The Kier molecular flexibility index (Phi) is 5.18. The molecule has 3 aromatic carbocycles. The summed E-state index contributed by atoms with van der Waals surface area (Å²) in [6, 6.07) is 22.0. The molecule has 152 valence electrons. The molecule has 30 heavy (non-hydrogen) atoms. The predicted molar refractivity (Wildman–Crippen MR) is 120 cm³/mol. The molecule has 0 unspecified atom stereocenters. The van der Waals surface area contributed by atoms with E-state index in [2.05, 4.69) is 5.32 Å². The summed E-state index contributed by atoms with van der Waals surface area (Å²) < 4.78 is 28.2. The minimum absolute atomic E-state index is 0.148. The van der Waals surface area contributed by atoms with Crippen molar-refractivity contribution in [3.8, 4) is 0 Å². The van der Waals surface area contributed by atoms with Crippen molar-refractivity contribution in [2.45, 2.75) is 20.4 Å². The molecular formula is C24H22N2O3S. The Morgan fingerprint density at radius 2 is 1.47 bits per heavy atom. The van der Waals surface area contributed by atoms with E-state index in [1.54, 1.807) is 24.3 Å². The fourth-order valence-electron chi connectivity index (χ4n) is 3.35. The second-order valence-electron chi connectivity index (χ2n) is 7.36. The van der Waals surface area contributed by atoms with Crippen LogP contribution in [-0.4, -0.2) is 14.2 Å². The molecule has 3 aromatic rings. The first-order valence-electron chi connectivity index (χ1n) is 9.61. The average Bonchev–Trinajstić information content (AvgIpc) is 2.73. The number of hydrogen-bond donors (Lipinski definition) is 1. The van der Waals surface area contributed by atoms with Gasteiger partial charge in [0.05, 0.1) is 12.2 Å². The number of ketones is 1. The molecule has 0 amide bonds. The van der Waals surface area contributed by atoms with Crippen molar-refractivity contribution in [3.63, 3.8) is 0 Å². The minimum atomic E-state index is -4.03. The van der Waals surface area contributed by atoms with E-state index in [-0.39, 0.29) is 11.4 Å². The summed E-state index contributed by atoms with van der Waals surface area (Å²) in [5, 5.41) is 2.96. The van der Waals surface area contributed by atoms with Crippen molar-refractivity contribution in [1.29, 1.82) is 0 Å². The first kappa shape index (κ1) is 19.9. The van der Waals surface area contributed by atoms with Gasteiger partial charge in [0.25, 0.3) is 10.0 Å². The van der Waals surface area contributed by atoms with Crippen molar-refractivity contribution >= 4 is 27.2 Å². The average molecular weight is 419 g/mol. The zero-order valence-electron chi connectivity index (χ0n) is 16.8. The molecule has 1 aliphatic heterocycles. The van der Waals surface area contributed by atoms with Gasteiger partial charge in [0, 0.05) is 17.5 Å². The highest BCUT2D eigenvalue weighted by atomic mass is 32.2. The maximum Gasteiger partial charge on any atom is 0.270 e. The van der Waals surface area contributed by atoms with E-state index in [9.17, 15) is 13.2 Å². The lowest BCUT2D eigenvalue weighted by molar-refractivity contribution is 0.104. The third-order valence-corrected chi connectivity index (χ3v) is 6.84. The first-order valence-corrected chi connectivity index (χ1v) is 11.1. The zero-order chi connectivity index (χ0) is 21.3. The van der Waals surface area contributed by atoms with E-state index in [1.807, 2.05) is 62.4 Å². The molecule has 0 atom stereocenters. The Hall–Kier alpha value is -3.38. The van der Waals surface area contributed by atoms with Crippen LogP contribution < -0.4 is 9.62 Å². The van der Waals surface area contributed by atoms with Gasteiger partial charge in [-0.15, -0.1) is 0 Å². The molecule has 4 rings (SSSR count). The van der Waals surface area contributed by atoms with E-state index in [1.165, 1.54) is 10.5 Å². The number of allylic oxidation sites excluding steroid dienone is 1. The summed E-state index contributed by atoms with van der Waals surface area (Å²) in [4.78, 5) is 12.8. The van der Waals surface area contributed by atoms with Crippen LogP contribution in [0.3, 0.4) is 0 Å². The summed E-state index contributed by atoms with van der Waals surface area (Å²) >= 11 is 0. The van der Waals surface area contributed by atoms with Crippen LogP contribution >= 0.6 is 0 Å². The molecule has 0 saturated heterocycles. The number of anilines is 2. The summed E-state index contributed by atoms with van der Waals surface area (Å²) in [6.45, 7) is 4.10. The molecule has 5 nitrogen and oxygen atoms in total. The number of aryl methyl sites for hydroxylation is 2. The Morgan fingerprint density at radius 3 is 2.13 bits per heavy atom. The van der Waals surface area contributed by atoms with Crippen molar-refractivity contribution in [1.82, 2.24) is 0 Å². The molecule has 1 heterocycles. The third kappa shape index (κ3) is 3.74. The Bertz CT molecular complexity index is 1230. The van der Waals surface area contributed by atoms with Gasteiger partial charge in [-0.2, -0.15) is 0 Å². The quantitative estimate of drug-likeness (QED) is 0.619. The number of Topliss-reactive ketones (excluding diaryl/α,β-unsaturated/α-hetero) is 1. The second-order valence-corrected chi connectivity index (χ2v) is 9.19. The van der Waals surface area contributed by atoms with Crippen LogP contribution in [0.15, 0.2) is 83.9 Å². The highest BCUT2D eigenvalue weighted by Gasteiger charge is 2.39. The summed E-state index contributed by atoms with van der Waals surface area (Å²) in [5.74, 6) is -0.509. The number of nitrogens with zero attached hydrogens (tertiary/aromatic N) is 1. The van der Waals surface area contributed by atoms with Gasteiger partial charge in [-0.1, -0.05) is 59.7 Å². The van der Waals surface area contributed by atoms with Gasteiger partial charge < -0.3 is 5.32 Å². The number of carbonyl (C=O) groups excluding carboxylic acids is 1. The number of sulfonamides is 1. The summed E-state index contributed by atoms with van der Waals surface area (Å²) in [7, 11) is -4.03. The van der Waals surface area contributed by atoms with Crippen LogP contribution in [-0.2, 0) is 16.6 Å². The highest BCUT2D eigenvalue weighted by molar-refractivity contribution is 7.97. The van der Waals surface area contributed by atoms with Gasteiger partial charge >= 0.3 is 0 Å². The van der Waals surface area contributed by atoms with E-state index in [0.717, 1.165) is 16.7 Å². The van der Waals surface area contributed by atoms with Crippen LogP contribution in [0.25, 0.3) is 0 Å². The Balaban J connectivity index is 1.76. The summed E-state index contributed by atoms with van der Waals surface area (Å²) in [5.41, 5.74) is 4.51. The van der Waals surface area contributed by atoms with Gasteiger partial charge in [0.1, 0.15) is 0 Å². The Labute approximate surface area is 176 Å². The highest BCUT2D eigenvalue weighted by Crippen LogP contribution is 2.36. The molecule has 0 aromatic heterocycles. The number of carbonyl (C=O) groups is 1. The van der Waals surface area contributed by atoms with Crippen molar-refractivity contribution in [3.05, 3.63) is 106 Å². The maximum absolute atomic E-state index is 13.4. The van der Waals surface area contributed by atoms with E-state index in [4.69, 9.17) is 0 Å². The number of nitrogens with one attached hydrogen (secondary N) is 1. The second kappa shape index (κ2) is 7.80. The molecule has 0 saturated carbocycles. The lowest BCUT2D eigenvalue weighted by atomic mass is 10.1. The number of hydrogen-bond acceptors (Lipinski definition) is 4. The fraction of sp³-hybridized carbons (Fsp3) is 0.125. The lowest BCUT2D eigenvalue weighted by Crippen LogP contribution is -2.39. The molecule has 1 aliphatic rings. The standard InChI is InChI=1S/C24H22N2O3S/c1-17-7-11-19(12-8-17)16-26-22-6-4-3-5-21(22)24(27)23(30(26,28)29)15-25-20-13-9-18(2)10-14-20/h3-15,25H,16H2,1-2H3. The van der Waals surface area contributed by atoms with Gasteiger partial charge in [0.15, 0.2) is 4.91 Å². The Morgan fingerprint density at radius 1 is 0.867 bits per heavy atom. The molecule has 0 fully saturated rings. The third-order valence-electron chi connectivity index (χ3n) is 5.08. The van der Waals surface area contributed by atoms with Gasteiger partial charge in [0.2, 0.25) is 5.78 Å². The van der Waals surface area contributed by atoms with Gasteiger partial charge in [-0.3, -0.25) is 9.10 Å². The lowest BCUT2D eigenvalue weighted by Gasteiger charge is -2.31. The normalized spacial score (nSPS) is 16.4. The largest absolute Gasteiger partial charge is 0.360 e. The first-order chi connectivity index (χ1) is 14.4. The molecule has 0 radical (unpaired) electrons. The zero-order valence-corrected chi connectivity index (χ0v) is 17.6. The topological polar surface area (TPSA) is 66.5 Å². The summed E-state index contributed by atoms with van der Waals surface area (Å²) in [6.07, 6.45) is 1.29. The van der Waals surface area contributed by atoms with Crippen molar-refractivity contribution in [2.24, 2.45) is 0 Å². The smallest absolute Gasteiger partial charge is 0.270 e. The van der Waals surface area contributed by atoms with E-state index in [0.29, 0.717) is 16.9 Å². The molecule has 1 N–H and O–H groups in total. The van der Waals surface area contributed by atoms with Crippen LogP contribution in [0.4, 0.5) is 11.4 Å². The van der Waals surface area contributed by atoms with Gasteiger partial charge in [-0.05, 0) is 43.7 Å². The molecule has 0 aliphatic carbocycles. The predicted octanol–water partition coefficient (Wildman–Crippen LogP) is 4.79. The van der Waals surface area contributed by atoms with Crippen LogP contribution in [0.2, 0.25) is 0 Å². The number of fused-ring (bicyclic) bond motifs is 1. The SMILES string of the molecule is Cc1ccc(CN2c3ccccc3C(=O)C(=CNc3ccc(C)cc3)S2(=O)=O)cc1. The van der Waals surface area contributed by atoms with Crippen molar-refractivity contribution in [2.75, 3.05) is 9.62 Å². The molecular weight excluding hydrogens is 396 g/mol. The minimum Gasteiger partial charge on any atom is -0.360 e. The van der Waals surface area contributed by atoms with Crippen LogP contribution in [0, 0.1) is 13.8 Å². The van der Waals surface area contributed by atoms with E-state index < -0.39 is 15.8 Å². The van der Waals surface area contributed by atoms with Crippen molar-refractivity contribution < 1.29 is 13.2 Å². The maximum atomic E-state index is 13.4. The van der Waals surface area contributed by atoms with Crippen LogP contribution in [0.5, 0.6) is 0 Å². The van der Waals surface area contributed by atoms with Crippen LogP contribution in [0.1, 0.15) is 27.0 Å². The fourth-order valence-corrected chi connectivity index (χ4v) is 4.88. The number of rotatable bonds is 4. The molecule has 6 heteroatoms. The molecule has 0 spiro atoms. The van der Waals surface area contributed by atoms with Gasteiger partial charge in [-0.25, -0.2) is 8.42 Å². The molecule has 0 bridgehead atoms. The number of para-hydroxylation sites is 1. The monoisotopic (exact) mass is 418 g/mol.